The molecule has 0 heterocycles. The smallest absolute Gasteiger partial charge is 0.343 e. The topological polar surface area (TPSA) is 77.0 Å². The minimum atomic E-state index is -0.485. The summed E-state index contributed by atoms with van der Waals surface area (Å²) in [7, 11) is 0. The first kappa shape index (κ1) is 22.8. The average Bonchev–Trinajstić information content (AvgIpc) is 2.73. The molecule has 0 fully saturated rings. The van der Waals surface area contributed by atoms with E-state index >= 15 is 0 Å². The van der Waals surface area contributed by atoms with Gasteiger partial charge in [0.05, 0.1) is 16.8 Å². The molecular formula is C22H15BrCl2N2O4. The van der Waals surface area contributed by atoms with E-state index in [4.69, 9.17) is 32.7 Å². The summed E-state index contributed by atoms with van der Waals surface area (Å²) in [6.07, 6.45) is 1.42. The van der Waals surface area contributed by atoms with E-state index in [1.54, 1.807) is 54.6 Å². The lowest BCUT2D eigenvalue weighted by atomic mass is 10.2. The Morgan fingerprint density at radius 3 is 2.61 bits per heavy atom. The van der Waals surface area contributed by atoms with Crippen molar-refractivity contribution in [2.75, 3.05) is 6.61 Å². The van der Waals surface area contributed by atoms with Crippen molar-refractivity contribution < 1.29 is 19.1 Å². The monoisotopic (exact) mass is 520 g/mol. The number of esters is 1. The Hall–Kier alpha value is -2.87. The van der Waals surface area contributed by atoms with Gasteiger partial charge in [-0.2, -0.15) is 5.10 Å². The summed E-state index contributed by atoms with van der Waals surface area (Å²) in [5.41, 5.74) is 3.39. The van der Waals surface area contributed by atoms with Gasteiger partial charge in [0.15, 0.2) is 6.61 Å². The van der Waals surface area contributed by atoms with Crippen molar-refractivity contribution in [3.05, 3.63) is 92.4 Å². The van der Waals surface area contributed by atoms with Gasteiger partial charge in [0, 0.05) is 9.50 Å². The molecule has 0 radical (unpaired) electrons. The standard InChI is InChI=1S/C22H15BrCl2N2O4/c23-16-5-2-4-15(10-16)22(29)31-18-6-1-3-14(9-18)12-26-27-21(28)13-30-20-8-7-17(24)11-19(20)25/h1-12H,13H2,(H,27,28)/b26-12-. The number of rotatable bonds is 7. The number of nitrogens with one attached hydrogen (secondary N) is 1. The minimum Gasteiger partial charge on any atom is -0.482 e. The molecule has 0 aliphatic rings. The number of benzene rings is 3. The molecule has 0 aliphatic carbocycles. The summed E-state index contributed by atoms with van der Waals surface area (Å²) >= 11 is 15.1. The zero-order valence-electron chi connectivity index (χ0n) is 15.8. The summed E-state index contributed by atoms with van der Waals surface area (Å²) in [4.78, 5) is 24.1. The van der Waals surface area contributed by atoms with Gasteiger partial charge in [-0.15, -0.1) is 0 Å². The number of amides is 1. The maximum Gasteiger partial charge on any atom is 0.343 e. The molecule has 0 saturated carbocycles. The number of ether oxygens (including phenoxy) is 2. The highest BCUT2D eigenvalue weighted by Gasteiger charge is 2.09. The second kappa shape index (κ2) is 10.9. The van der Waals surface area contributed by atoms with E-state index in [0.717, 1.165) is 4.47 Å². The summed E-state index contributed by atoms with van der Waals surface area (Å²) in [6, 6.07) is 18.3. The Morgan fingerprint density at radius 2 is 1.84 bits per heavy atom. The molecule has 0 atom stereocenters. The van der Waals surface area contributed by atoms with Crippen LogP contribution in [-0.4, -0.2) is 24.7 Å². The van der Waals surface area contributed by atoms with Gasteiger partial charge in [-0.1, -0.05) is 57.3 Å². The third-order valence-electron chi connectivity index (χ3n) is 3.78. The van der Waals surface area contributed by atoms with Crippen molar-refractivity contribution in [2.24, 2.45) is 5.10 Å². The minimum absolute atomic E-state index is 0.275. The van der Waals surface area contributed by atoms with Gasteiger partial charge in [0.25, 0.3) is 5.91 Å². The summed E-state index contributed by atoms with van der Waals surface area (Å²) in [5, 5.41) is 4.65. The molecule has 3 rings (SSSR count). The lowest BCUT2D eigenvalue weighted by molar-refractivity contribution is -0.123. The Bertz CT molecular complexity index is 1140. The van der Waals surface area contributed by atoms with E-state index < -0.39 is 11.9 Å². The molecular weight excluding hydrogens is 507 g/mol. The predicted octanol–water partition coefficient (Wildman–Crippen LogP) is 5.50. The first-order chi connectivity index (χ1) is 14.9. The maximum atomic E-state index is 12.2. The average molecular weight is 522 g/mol. The number of nitrogens with zero attached hydrogens (tertiary/aromatic N) is 1. The summed E-state index contributed by atoms with van der Waals surface area (Å²) in [6.45, 7) is -0.275. The molecule has 3 aromatic rings. The zero-order chi connectivity index (χ0) is 22.2. The van der Waals surface area contributed by atoms with Gasteiger partial charge in [-0.3, -0.25) is 4.79 Å². The molecule has 0 saturated heterocycles. The highest BCUT2D eigenvalue weighted by molar-refractivity contribution is 9.10. The molecule has 0 bridgehead atoms. The van der Waals surface area contributed by atoms with Crippen LogP contribution in [-0.2, 0) is 4.79 Å². The summed E-state index contributed by atoms with van der Waals surface area (Å²) < 4.78 is 11.5. The van der Waals surface area contributed by atoms with E-state index in [0.29, 0.717) is 32.7 Å². The second-order valence-electron chi connectivity index (χ2n) is 6.13. The van der Waals surface area contributed by atoms with E-state index in [1.165, 1.54) is 12.3 Å². The molecule has 31 heavy (non-hydrogen) atoms. The Kier molecular flexibility index (Phi) is 8.06. The van der Waals surface area contributed by atoms with Crippen LogP contribution in [0.5, 0.6) is 11.5 Å². The Morgan fingerprint density at radius 1 is 1.03 bits per heavy atom. The molecule has 0 aliphatic heterocycles. The Balaban J connectivity index is 1.52. The molecule has 1 amide bonds. The molecule has 3 aromatic carbocycles. The van der Waals surface area contributed by atoms with Crippen molar-refractivity contribution in [3.8, 4) is 11.5 Å². The molecule has 0 spiro atoms. The number of hydrazone groups is 1. The van der Waals surface area contributed by atoms with Gasteiger partial charge in [-0.05, 0) is 54.1 Å². The fraction of sp³-hybridized carbons (Fsp3) is 0.0455. The molecule has 0 unspecified atom stereocenters. The lowest BCUT2D eigenvalue weighted by Gasteiger charge is -2.07. The lowest BCUT2D eigenvalue weighted by Crippen LogP contribution is -2.24. The number of hydrogen-bond acceptors (Lipinski definition) is 5. The number of carbonyl (C=O) groups is 2. The number of hydrogen-bond donors (Lipinski definition) is 1. The summed E-state index contributed by atoms with van der Waals surface area (Å²) in [5.74, 6) is -0.271. The molecule has 1 N–H and O–H groups in total. The van der Waals surface area contributed by atoms with Crippen LogP contribution in [0.25, 0.3) is 0 Å². The molecule has 9 heteroatoms. The quantitative estimate of drug-likeness (QED) is 0.192. The van der Waals surface area contributed by atoms with Crippen LogP contribution in [0.1, 0.15) is 15.9 Å². The van der Waals surface area contributed by atoms with Crippen LogP contribution < -0.4 is 14.9 Å². The van der Waals surface area contributed by atoms with Crippen LogP contribution >= 0.6 is 39.1 Å². The third-order valence-corrected chi connectivity index (χ3v) is 4.81. The fourth-order valence-corrected chi connectivity index (χ4v) is 3.25. The first-order valence-electron chi connectivity index (χ1n) is 8.88. The third kappa shape index (κ3) is 7.10. The van der Waals surface area contributed by atoms with Crippen molar-refractivity contribution in [1.29, 1.82) is 0 Å². The van der Waals surface area contributed by atoms with Gasteiger partial charge in [0.2, 0.25) is 0 Å². The predicted molar refractivity (Wildman–Crippen MR) is 123 cm³/mol. The largest absolute Gasteiger partial charge is 0.482 e. The van der Waals surface area contributed by atoms with Gasteiger partial charge in [0.1, 0.15) is 11.5 Å². The van der Waals surface area contributed by atoms with Crippen LogP contribution in [0.4, 0.5) is 0 Å². The maximum absolute atomic E-state index is 12.2. The van der Waals surface area contributed by atoms with Crippen molar-refractivity contribution in [1.82, 2.24) is 5.43 Å². The fourth-order valence-electron chi connectivity index (χ4n) is 2.39. The van der Waals surface area contributed by atoms with Gasteiger partial charge < -0.3 is 9.47 Å². The second-order valence-corrected chi connectivity index (χ2v) is 7.89. The number of carbonyl (C=O) groups excluding carboxylic acids is 2. The molecule has 0 aromatic heterocycles. The normalized spacial score (nSPS) is 10.7. The highest BCUT2D eigenvalue weighted by Crippen LogP contribution is 2.27. The van der Waals surface area contributed by atoms with Crippen LogP contribution in [0.2, 0.25) is 10.0 Å². The van der Waals surface area contributed by atoms with Crippen LogP contribution in [0, 0.1) is 0 Å². The first-order valence-corrected chi connectivity index (χ1v) is 10.4. The molecule has 6 nitrogen and oxygen atoms in total. The van der Waals surface area contributed by atoms with Crippen molar-refractivity contribution >= 4 is 57.2 Å². The van der Waals surface area contributed by atoms with Crippen LogP contribution in [0.3, 0.4) is 0 Å². The van der Waals surface area contributed by atoms with Gasteiger partial charge >= 0.3 is 5.97 Å². The van der Waals surface area contributed by atoms with Gasteiger partial charge in [-0.25, -0.2) is 10.2 Å². The zero-order valence-corrected chi connectivity index (χ0v) is 18.9. The number of halogens is 3. The van der Waals surface area contributed by atoms with E-state index in [2.05, 4.69) is 26.5 Å². The van der Waals surface area contributed by atoms with E-state index in [9.17, 15) is 9.59 Å². The van der Waals surface area contributed by atoms with E-state index in [1.807, 2.05) is 6.07 Å². The van der Waals surface area contributed by atoms with Crippen LogP contribution in [0.15, 0.2) is 76.3 Å². The molecule has 158 valence electrons. The highest BCUT2D eigenvalue weighted by atomic mass is 79.9. The SMILES string of the molecule is O=C(COc1ccc(Cl)cc1Cl)N/N=C\c1cccc(OC(=O)c2cccc(Br)c2)c1. The van der Waals surface area contributed by atoms with E-state index in [-0.39, 0.29) is 6.61 Å². The Labute approximate surface area is 196 Å². The van der Waals surface area contributed by atoms with Crippen molar-refractivity contribution in [3.63, 3.8) is 0 Å². The van der Waals surface area contributed by atoms with Crippen molar-refractivity contribution in [2.45, 2.75) is 0 Å².